The molecule has 2 aromatic rings. The van der Waals surface area contributed by atoms with E-state index in [9.17, 15) is 18.0 Å². The normalized spacial score (nSPS) is 17.9. The molecule has 0 unspecified atom stereocenters. The Morgan fingerprint density at radius 1 is 0.912 bits per heavy atom. The van der Waals surface area contributed by atoms with Crippen molar-refractivity contribution in [1.29, 1.82) is 0 Å². The molecule has 2 aromatic carbocycles. The fourth-order valence-electron chi connectivity index (χ4n) is 4.49. The second-order valence-electron chi connectivity index (χ2n) is 8.53. The minimum absolute atomic E-state index is 0.00128. The molecule has 34 heavy (non-hydrogen) atoms. The summed E-state index contributed by atoms with van der Waals surface area (Å²) in [6.07, 6.45) is 2.99. The van der Waals surface area contributed by atoms with Gasteiger partial charge in [0, 0.05) is 37.9 Å². The first-order valence-electron chi connectivity index (χ1n) is 11.2. The van der Waals surface area contributed by atoms with Crippen LogP contribution in [0.3, 0.4) is 0 Å². The molecule has 2 aliphatic heterocycles. The van der Waals surface area contributed by atoms with Crippen LogP contribution in [0.5, 0.6) is 11.5 Å². The number of anilines is 1. The van der Waals surface area contributed by atoms with Gasteiger partial charge in [-0.05, 0) is 54.7 Å². The van der Waals surface area contributed by atoms with Crippen LogP contribution in [0.1, 0.15) is 17.5 Å². The van der Waals surface area contributed by atoms with Gasteiger partial charge >= 0.3 is 6.03 Å². The quantitative estimate of drug-likeness (QED) is 0.659. The summed E-state index contributed by atoms with van der Waals surface area (Å²) < 4.78 is 38.1. The number of carbonyl (C=O) groups excluding carboxylic acids is 2. The number of nitrogens with zero attached hydrogens (tertiary/aromatic N) is 2. The molecule has 2 heterocycles. The van der Waals surface area contributed by atoms with Crippen molar-refractivity contribution >= 4 is 27.6 Å². The number of hydrogen-bond donors (Lipinski definition) is 2. The van der Waals surface area contributed by atoms with Gasteiger partial charge < -0.3 is 14.8 Å². The fraction of sp³-hybridized carbons (Fsp3) is 0.391. The molecule has 3 amide bonds. The molecule has 0 aromatic heterocycles. The third kappa shape index (κ3) is 4.72. The first kappa shape index (κ1) is 22.6. The molecular formula is C23H26N4O6S. The molecule has 1 aliphatic carbocycles. The van der Waals surface area contributed by atoms with E-state index in [0.29, 0.717) is 35.2 Å². The van der Waals surface area contributed by atoms with Crippen molar-refractivity contribution in [3.63, 3.8) is 0 Å². The average molecular weight is 487 g/mol. The van der Waals surface area contributed by atoms with Gasteiger partial charge in [-0.25, -0.2) is 13.2 Å². The first-order chi connectivity index (χ1) is 16.4. The summed E-state index contributed by atoms with van der Waals surface area (Å²) in [4.78, 5) is 26.6. The molecule has 0 radical (unpaired) electrons. The summed E-state index contributed by atoms with van der Waals surface area (Å²) >= 11 is 0. The number of fused-ring (bicyclic) bond motifs is 2. The van der Waals surface area contributed by atoms with Crippen LogP contribution >= 0.6 is 0 Å². The van der Waals surface area contributed by atoms with Crippen LogP contribution in [0.2, 0.25) is 0 Å². The third-order valence-corrected chi connectivity index (χ3v) is 8.18. The van der Waals surface area contributed by atoms with Crippen LogP contribution < -0.4 is 20.1 Å². The highest BCUT2D eigenvalue weighted by Crippen LogP contribution is 2.34. The van der Waals surface area contributed by atoms with Gasteiger partial charge in [-0.1, -0.05) is 6.07 Å². The van der Waals surface area contributed by atoms with E-state index in [2.05, 4.69) is 10.6 Å². The lowest BCUT2D eigenvalue weighted by atomic mass is 10.1. The number of imide groups is 1. The molecule has 3 aliphatic rings. The number of carbonyl (C=O) groups is 2. The van der Waals surface area contributed by atoms with E-state index in [1.165, 1.54) is 9.87 Å². The topological polar surface area (TPSA) is 117 Å². The van der Waals surface area contributed by atoms with Crippen LogP contribution in [-0.4, -0.2) is 69.1 Å². The lowest BCUT2D eigenvalue weighted by Gasteiger charge is -2.33. The maximum atomic E-state index is 13.1. The predicted molar refractivity (Wildman–Crippen MR) is 123 cm³/mol. The van der Waals surface area contributed by atoms with Crippen LogP contribution in [-0.2, 0) is 27.7 Å². The molecular weight excluding hydrogens is 460 g/mol. The zero-order chi connectivity index (χ0) is 23.7. The summed E-state index contributed by atoms with van der Waals surface area (Å²) in [5, 5.41) is 4.89. The zero-order valence-corrected chi connectivity index (χ0v) is 19.4. The standard InChI is InChI=1S/C23H26N4O6S/c28-22(25-23(29)24-18-5-7-20-21(13-18)33-15-32-20)14-26-8-10-27(11-9-26)34(30,31)19-6-4-16-2-1-3-17(16)12-19/h4-7,12-13H,1-3,8-11,14-15H2,(H2,24,25,28,29). The van der Waals surface area contributed by atoms with E-state index < -0.39 is 22.0 Å². The van der Waals surface area contributed by atoms with Crippen LogP contribution in [0.4, 0.5) is 10.5 Å². The van der Waals surface area contributed by atoms with Crippen molar-refractivity contribution in [2.24, 2.45) is 0 Å². The lowest BCUT2D eigenvalue weighted by Crippen LogP contribution is -2.51. The largest absolute Gasteiger partial charge is 0.454 e. The molecule has 1 fully saturated rings. The van der Waals surface area contributed by atoms with Gasteiger partial charge in [-0.15, -0.1) is 0 Å². The molecule has 11 heteroatoms. The maximum absolute atomic E-state index is 13.1. The maximum Gasteiger partial charge on any atom is 0.325 e. The summed E-state index contributed by atoms with van der Waals surface area (Å²) in [7, 11) is -3.57. The number of sulfonamides is 1. The van der Waals surface area contributed by atoms with Gasteiger partial charge in [0.05, 0.1) is 11.4 Å². The minimum atomic E-state index is -3.57. The summed E-state index contributed by atoms with van der Waals surface area (Å²) in [5.74, 6) is 0.657. The molecule has 5 rings (SSSR count). The van der Waals surface area contributed by atoms with Crippen LogP contribution in [0.25, 0.3) is 0 Å². The van der Waals surface area contributed by atoms with E-state index >= 15 is 0 Å². The molecule has 1 saturated heterocycles. The van der Waals surface area contributed by atoms with E-state index in [0.717, 1.165) is 24.8 Å². The highest BCUT2D eigenvalue weighted by Gasteiger charge is 2.30. The Hall–Kier alpha value is -3.15. The number of nitrogens with one attached hydrogen (secondary N) is 2. The number of ether oxygens (including phenoxy) is 2. The SMILES string of the molecule is O=C(CN1CCN(S(=O)(=O)c2ccc3c(c2)CCC3)CC1)NC(=O)Nc1ccc2c(c1)OCO2. The Bertz CT molecular complexity index is 1220. The molecule has 0 saturated carbocycles. The molecule has 10 nitrogen and oxygen atoms in total. The average Bonchev–Trinajstić information content (AvgIpc) is 3.47. The first-order valence-corrected chi connectivity index (χ1v) is 12.7. The molecule has 2 N–H and O–H groups in total. The molecule has 0 bridgehead atoms. The van der Waals surface area contributed by atoms with Gasteiger partial charge in [-0.3, -0.25) is 15.0 Å². The van der Waals surface area contributed by atoms with E-state index in [-0.39, 0.29) is 26.4 Å². The van der Waals surface area contributed by atoms with Gasteiger partial charge in [0.15, 0.2) is 11.5 Å². The number of urea groups is 1. The van der Waals surface area contributed by atoms with Crippen molar-refractivity contribution in [3.05, 3.63) is 47.5 Å². The van der Waals surface area contributed by atoms with Crippen LogP contribution in [0, 0.1) is 0 Å². The Morgan fingerprint density at radius 3 is 2.50 bits per heavy atom. The number of benzene rings is 2. The highest BCUT2D eigenvalue weighted by atomic mass is 32.2. The van der Waals surface area contributed by atoms with Crippen molar-refractivity contribution in [2.75, 3.05) is 44.8 Å². The Labute approximate surface area is 197 Å². The molecule has 180 valence electrons. The summed E-state index contributed by atoms with van der Waals surface area (Å²) in [6.45, 7) is 1.52. The molecule has 0 atom stereocenters. The van der Waals surface area contributed by atoms with E-state index in [4.69, 9.17) is 9.47 Å². The summed E-state index contributed by atoms with van der Waals surface area (Å²) in [5.41, 5.74) is 2.83. The number of piperazine rings is 1. The second kappa shape index (κ2) is 9.24. The minimum Gasteiger partial charge on any atom is -0.454 e. The summed E-state index contributed by atoms with van der Waals surface area (Å²) in [6, 6.07) is 9.71. The molecule has 0 spiro atoms. The number of amides is 3. The Morgan fingerprint density at radius 2 is 1.68 bits per heavy atom. The van der Waals surface area contributed by atoms with Gasteiger partial charge in [0.25, 0.3) is 0 Å². The van der Waals surface area contributed by atoms with Gasteiger partial charge in [-0.2, -0.15) is 4.31 Å². The third-order valence-electron chi connectivity index (χ3n) is 6.29. The highest BCUT2D eigenvalue weighted by molar-refractivity contribution is 7.89. The Balaban J connectivity index is 1.10. The number of aryl methyl sites for hydroxylation is 2. The van der Waals surface area contributed by atoms with E-state index in [1.807, 2.05) is 11.0 Å². The monoisotopic (exact) mass is 486 g/mol. The van der Waals surface area contributed by atoms with Crippen molar-refractivity contribution in [2.45, 2.75) is 24.2 Å². The van der Waals surface area contributed by atoms with Crippen LogP contribution in [0.15, 0.2) is 41.3 Å². The van der Waals surface area contributed by atoms with Gasteiger partial charge in [0.1, 0.15) is 0 Å². The van der Waals surface area contributed by atoms with Gasteiger partial charge in [0.2, 0.25) is 22.7 Å². The van der Waals surface area contributed by atoms with Crippen molar-refractivity contribution in [3.8, 4) is 11.5 Å². The fourth-order valence-corrected chi connectivity index (χ4v) is 5.96. The Kier molecular flexibility index (Phi) is 6.15. The predicted octanol–water partition coefficient (Wildman–Crippen LogP) is 1.56. The smallest absolute Gasteiger partial charge is 0.325 e. The second-order valence-corrected chi connectivity index (χ2v) is 10.5. The van der Waals surface area contributed by atoms with Crippen molar-refractivity contribution < 1.29 is 27.5 Å². The number of rotatable bonds is 5. The lowest BCUT2D eigenvalue weighted by molar-refractivity contribution is -0.121. The van der Waals surface area contributed by atoms with E-state index in [1.54, 1.807) is 30.3 Å². The van der Waals surface area contributed by atoms with Crippen molar-refractivity contribution in [1.82, 2.24) is 14.5 Å². The zero-order valence-electron chi connectivity index (χ0n) is 18.6. The number of hydrogen-bond acceptors (Lipinski definition) is 7.